The molecule has 4 atom stereocenters. The summed E-state index contributed by atoms with van der Waals surface area (Å²) >= 11 is 0. The van der Waals surface area contributed by atoms with Crippen molar-refractivity contribution in [2.45, 2.75) is 63.0 Å². The molecule has 43 heavy (non-hydrogen) atoms. The highest BCUT2D eigenvalue weighted by Crippen LogP contribution is 2.40. The summed E-state index contributed by atoms with van der Waals surface area (Å²) < 4.78 is 33.3. The van der Waals surface area contributed by atoms with Crippen LogP contribution in [0.25, 0.3) is 5.69 Å². The summed E-state index contributed by atoms with van der Waals surface area (Å²) in [7, 11) is 0. The van der Waals surface area contributed by atoms with Gasteiger partial charge < -0.3 is 14.9 Å². The quantitative estimate of drug-likeness (QED) is 0.488. The summed E-state index contributed by atoms with van der Waals surface area (Å²) in [4.78, 5) is 65.0. The summed E-state index contributed by atoms with van der Waals surface area (Å²) in [6, 6.07) is 5.90. The van der Waals surface area contributed by atoms with Crippen molar-refractivity contribution >= 4 is 29.6 Å². The molecule has 16 heteroatoms. The SMILES string of the molecule is O=C(O)C(F)(F)F.O=C1CCC(N2Cc3ccc(-n4cc(C(=O)N5C[C@H]6CC7CCCN7[C@H]6C5)nn4)cc3C2=O)C(=O)N1. The Kier molecular flexibility index (Phi) is 7.18. The number of alkyl halides is 3. The van der Waals surface area contributed by atoms with E-state index in [0.29, 0.717) is 47.9 Å². The Balaban J connectivity index is 0.000000423. The van der Waals surface area contributed by atoms with Crippen LogP contribution < -0.4 is 5.32 Å². The second kappa shape index (κ2) is 10.7. The topological polar surface area (TPSA) is 158 Å². The smallest absolute Gasteiger partial charge is 0.475 e. The molecule has 0 bridgehead atoms. The van der Waals surface area contributed by atoms with E-state index < -0.39 is 24.1 Å². The van der Waals surface area contributed by atoms with Gasteiger partial charge in [-0.1, -0.05) is 11.3 Å². The zero-order chi connectivity index (χ0) is 30.6. The first-order valence-corrected chi connectivity index (χ1v) is 14.0. The average Bonchev–Trinajstić information content (AvgIpc) is 3.76. The first kappa shape index (κ1) is 28.8. The van der Waals surface area contributed by atoms with Crippen molar-refractivity contribution in [2.24, 2.45) is 5.92 Å². The lowest BCUT2D eigenvalue weighted by atomic mass is 10.0. The lowest BCUT2D eigenvalue weighted by Crippen LogP contribution is -2.52. The maximum atomic E-state index is 13.2. The number of rotatable bonds is 3. The minimum atomic E-state index is -5.08. The van der Waals surface area contributed by atoms with E-state index in [1.165, 1.54) is 28.8 Å². The Bertz CT molecular complexity index is 1510. The molecule has 13 nitrogen and oxygen atoms in total. The number of aliphatic carboxylic acids is 1. The molecule has 1 aromatic heterocycles. The van der Waals surface area contributed by atoms with Gasteiger partial charge in [-0.3, -0.25) is 29.4 Å². The standard InChI is InChI=1S/C25H27N7O4.C2HF3O2/c33-22-6-5-20(23(34)26-22)31-11-14-3-4-17(9-18(14)24(31)35)32-12-19(27-28-32)25(36)29-10-15-8-16-2-1-7-30(16)21(15)13-29;3-2(4,5)1(6)7/h3-4,9,12,15-16,20-21H,1-2,5-8,10-11,13H2,(H,26,33,34);(H,6,7)/t15-,16?,20?,21+;/m1./s1. The number of imide groups is 1. The molecule has 2 N–H and O–H groups in total. The lowest BCUT2D eigenvalue weighted by molar-refractivity contribution is -0.192. The van der Waals surface area contributed by atoms with E-state index in [0.717, 1.165) is 25.2 Å². The van der Waals surface area contributed by atoms with Gasteiger partial charge in [-0.25, -0.2) is 9.48 Å². The molecule has 1 aromatic carbocycles. The molecule has 0 aliphatic carbocycles. The maximum absolute atomic E-state index is 13.2. The first-order chi connectivity index (χ1) is 20.4. The number of carbonyl (C=O) groups is 5. The molecule has 2 aromatic rings. The second-order valence-corrected chi connectivity index (χ2v) is 11.4. The van der Waals surface area contributed by atoms with Gasteiger partial charge >= 0.3 is 12.1 Å². The van der Waals surface area contributed by atoms with Gasteiger partial charge in [-0.2, -0.15) is 13.2 Å². The molecule has 6 heterocycles. The molecule has 4 saturated heterocycles. The van der Waals surface area contributed by atoms with Crippen molar-refractivity contribution in [2.75, 3.05) is 19.6 Å². The highest BCUT2D eigenvalue weighted by Gasteiger charge is 2.49. The van der Waals surface area contributed by atoms with E-state index in [2.05, 4.69) is 20.5 Å². The average molecular weight is 604 g/mol. The third-order valence-corrected chi connectivity index (χ3v) is 8.85. The molecular weight excluding hydrogens is 575 g/mol. The van der Waals surface area contributed by atoms with E-state index in [4.69, 9.17) is 9.90 Å². The van der Waals surface area contributed by atoms with Crippen LogP contribution in [0.15, 0.2) is 24.4 Å². The van der Waals surface area contributed by atoms with E-state index in [-0.39, 0.29) is 24.1 Å². The Morgan fingerprint density at radius 3 is 2.58 bits per heavy atom. The van der Waals surface area contributed by atoms with Gasteiger partial charge in [0.15, 0.2) is 5.69 Å². The van der Waals surface area contributed by atoms with Crippen LogP contribution in [0, 0.1) is 5.92 Å². The van der Waals surface area contributed by atoms with E-state index >= 15 is 0 Å². The van der Waals surface area contributed by atoms with Gasteiger partial charge in [0.2, 0.25) is 11.8 Å². The zero-order valence-electron chi connectivity index (χ0n) is 22.8. The number of fused-ring (bicyclic) bond motifs is 4. The summed E-state index contributed by atoms with van der Waals surface area (Å²) in [6.07, 6.45) is 0.792. The Morgan fingerprint density at radius 2 is 1.86 bits per heavy atom. The number of amides is 4. The van der Waals surface area contributed by atoms with Crippen molar-refractivity contribution in [3.8, 4) is 5.69 Å². The highest BCUT2D eigenvalue weighted by molar-refractivity contribution is 6.05. The summed E-state index contributed by atoms with van der Waals surface area (Å²) in [5, 5.41) is 17.8. The van der Waals surface area contributed by atoms with Crippen LogP contribution in [0.3, 0.4) is 0 Å². The number of piperidine rings is 1. The van der Waals surface area contributed by atoms with Gasteiger partial charge in [0.05, 0.1) is 11.9 Å². The fraction of sp³-hybridized carbons (Fsp3) is 0.519. The second-order valence-electron chi connectivity index (χ2n) is 11.4. The Morgan fingerprint density at radius 1 is 1.09 bits per heavy atom. The monoisotopic (exact) mass is 603 g/mol. The van der Waals surface area contributed by atoms with Crippen LogP contribution in [0.1, 0.15) is 58.5 Å². The van der Waals surface area contributed by atoms with Crippen LogP contribution in [0.4, 0.5) is 13.2 Å². The van der Waals surface area contributed by atoms with Gasteiger partial charge in [0, 0.05) is 43.7 Å². The molecule has 4 amide bonds. The van der Waals surface area contributed by atoms with Crippen LogP contribution in [0.5, 0.6) is 0 Å². The minimum Gasteiger partial charge on any atom is -0.475 e. The Hall–Kier alpha value is -4.34. The van der Waals surface area contributed by atoms with Crippen LogP contribution in [-0.4, -0.2) is 108 Å². The number of likely N-dealkylation sites (tertiary alicyclic amines) is 1. The van der Waals surface area contributed by atoms with E-state index in [1.54, 1.807) is 12.3 Å². The number of halogens is 3. The molecule has 5 aliphatic heterocycles. The number of carboxylic acids is 1. The number of hydrogen-bond acceptors (Lipinski definition) is 8. The van der Waals surface area contributed by atoms with Crippen molar-refractivity contribution in [1.29, 1.82) is 0 Å². The molecule has 228 valence electrons. The Labute approximate surface area is 242 Å². The molecule has 0 spiro atoms. The van der Waals surface area contributed by atoms with Crippen LogP contribution in [-0.2, 0) is 20.9 Å². The lowest BCUT2D eigenvalue weighted by Gasteiger charge is -2.29. The van der Waals surface area contributed by atoms with Crippen LogP contribution >= 0.6 is 0 Å². The number of carbonyl (C=O) groups excluding carboxylic acids is 4. The van der Waals surface area contributed by atoms with Gasteiger partial charge in [-0.15, -0.1) is 5.10 Å². The predicted molar refractivity (Wildman–Crippen MR) is 139 cm³/mol. The van der Waals surface area contributed by atoms with E-state index in [1.807, 2.05) is 17.0 Å². The first-order valence-electron chi connectivity index (χ1n) is 14.0. The van der Waals surface area contributed by atoms with E-state index in [9.17, 15) is 32.3 Å². The summed E-state index contributed by atoms with van der Waals surface area (Å²) in [5.74, 6) is -3.30. The molecule has 7 rings (SSSR count). The predicted octanol–water partition coefficient (Wildman–Crippen LogP) is 0.970. The van der Waals surface area contributed by atoms with Gasteiger partial charge in [0.25, 0.3) is 11.8 Å². The normalized spacial score (nSPS) is 26.5. The summed E-state index contributed by atoms with van der Waals surface area (Å²) in [6.45, 7) is 2.97. The number of hydrogen-bond donors (Lipinski definition) is 2. The van der Waals surface area contributed by atoms with Crippen molar-refractivity contribution in [3.05, 3.63) is 41.2 Å². The molecule has 5 aliphatic rings. The van der Waals surface area contributed by atoms with Crippen molar-refractivity contribution < 1.29 is 42.3 Å². The summed E-state index contributed by atoms with van der Waals surface area (Å²) in [5.41, 5.74) is 2.23. The van der Waals surface area contributed by atoms with Crippen molar-refractivity contribution in [1.82, 2.24) is 35.0 Å². The van der Waals surface area contributed by atoms with Gasteiger partial charge in [-0.05, 0) is 55.8 Å². The fourth-order valence-corrected chi connectivity index (χ4v) is 6.86. The molecular formula is C27H28F3N7O6. The minimum absolute atomic E-state index is 0.104. The van der Waals surface area contributed by atoms with Crippen LogP contribution in [0.2, 0.25) is 0 Å². The third kappa shape index (κ3) is 5.34. The maximum Gasteiger partial charge on any atom is 0.490 e. The number of nitrogens with one attached hydrogen (secondary N) is 1. The molecule has 0 radical (unpaired) electrons. The number of nitrogens with zero attached hydrogens (tertiary/aromatic N) is 6. The number of aromatic nitrogens is 3. The largest absolute Gasteiger partial charge is 0.490 e. The van der Waals surface area contributed by atoms with Gasteiger partial charge in [0.1, 0.15) is 6.04 Å². The molecule has 2 unspecified atom stereocenters. The number of benzene rings is 1. The molecule has 4 fully saturated rings. The molecule has 0 saturated carbocycles. The van der Waals surface area contributed by atoms with Crippen molar-refractivity contribution in [3.63, 3.8) is 0 Å². The number of carboxylic acid groups (broad SMARTS) is 1. The highest BCUT2D eigenvalue weighted by atomic mass is 19.4. The zero-order valence-corrected chi connectivity index (χ0v) is 22.8. The third-order valence-electron chi connectivity index (χ3n) is 8.85. The fourth-order valence-electron chi connectivity index (χ4n) is 6.86.